The Morgan fingerprint density at radius 2 is 1.60 bits per heavy atom. The molecule has 0 radical (unpaired) electrons. The van der Waals surface area contributed by atoms with Gasteiger partial charge in [-0.05, 0) is 36.0 Å². The smallest absolute Gasteiger partial charge is 0.175 e. The van der Waals surface area contributed by atoms with Crippen molar-refractivity contribution in [1.29, 1.82) is 0 Å². The zero-order chi connectivity index (χ0) is 20.9. The lowest BCUT2D eigenvalue weighted by Crippen LogP contribution is -2.18. The van der Waals surface area contributed by atoms with Gasteiger partial charge in [0.15, 0.2) is 5.11 Å². The van der Waals surface area contributed by atoms with Crippen molar-refractivity contribution in [3.63, 3.8) is 0 Å². The third-order valence-electron chi connectivity index (χ3n) is 4.31. The third kappa shape index (κ3) is 5.22. The molecule has 2 N–H and O–H groups in total. The Morgan fingerprint density at radius 1 is 0.933 bits per heavy atom. The van der Waals surface area contributed by atoms with E-state index in [1.807, 2.05) is 30.5 Å². The second kappa shape index (κ2) is 9.06. The molecule has 0 amide bonds. The summed E-state index contributed by atoms with van der Waals surface area (Å²) in [5, 5.41) is 15.8. The lowest BCUT2D eigenvalue weighted by atomic mass is 10.2. The van der Waals surface area contributed by atoms with E-state index in [4.69, 9.17) is 23.8 Å². The lowest BCUT2D eigenvalue weighted by molar-refractivity contribution is 0.585. The predicted octanol–water partition coefficient (Wildman–Crippen LogP) is 4.78. The Hall–Kier alpha value is -3.23. The number of halogens is 2. The average Bonchev–Trinajstić information content (AvgIpc) is 3.33. The van der Waals surface area contributed by atoms with Crippen LogP contribution >= 0.6 is 23.8 Å². The van der Waals surface area contributed by atoms with Crippen molar-refractivity contribution in [2.24, 2.45) is 0 Å². The fraction of sp³-hybridized carbons (Fsp3) is 0.0952. The number of aromatic nitrogens is 4. The van der Waals surface area contributed by atoms with Gasteiger partial charge < -0.3 is 10.6 Å². The van der Waals surface area contributed by atoms with Crippen molar-refractivity contribution in [1.82, 2.24) is 19.6 Å². The van der Waals surface area contributed by atoms with Crippen LogP contribution in [0, 0.1) is 5.82 Å². The molecular formula is C21H18ClFN6S. The highest BCUT2D eigenvalue weighted by Gasteiger charge is 2.07. The first-order chi connectivity index (χ1) is 14.5. The summed E-state index contributed by atoms with van der Waals surface area (Å²) in [5.41, 5.74) is 3.09. The number of nitrogens with one attached hydrogen (secondary N) is 2. The number of benzene rings is 2. The molecule has 4 aromatic rings. The number of thiocarbonyl (C=S) groups is 1. The molecule has 0 saturated heterocycles. The molecule has 9 heteroatoms. The molecule has 0 aliphatic carbocycles. The summed E-state index contributed by atoms with van der Waals surface area (Å²) in [6, 6.07) is 14.3. The van der Waals surface area contributed by atoms with Crippen molar-refractivity contribution in [2.45, 2.75) is 13.1 Å². The summed E-state index contributed by atoms with van der Waals surface area (Å²) in [5.74, 6) is -0.255. The molecule has 4 rings (SSSR count). The van der Waals surface area contributed by atoms with E-state index in [0.717, 1.165) is 11.3 Å². The van der Waals surface area contributed by atoms with Gasteiger partial charge in [-0.2, -0.15) is 10.2 Å². The van der Waals surface area contributed by atoms with E-state index < -0.39 is 0 Å². The first kappa shape index (κ1) is 20.1. The Bertz CT molecular complexity index is 1170. The Kier molecular flexibility index (Phi) is 6.06. The Balaban J connectivity index is 1.32. The van der Waals surface area contributed by atoms with Gasteiger partial charge in [-0.1, -0.05) is 41.9 Å². The number of rotatable bonds is 6. The first-order valence-corrected chi connectivity index (χ1v) is 9.94. The van der Waals surface area contributed by atoms with Crippen LogP contribution < -0.4 is 10.6 Å². The standard InChI is InChI=1S/C21H18ClFN6S/c22-17-6-3-4-15(8-17)11-28-13-18(9-24-28)26-21(30)27-19-10-25-29(14-19)12-16-5-1-2-7-20(16)23/h1-10,13-14H,11-12H2,(H2,26,27,30). The third-order valence-corrected chi connectivity index (χ3v) is 4.75. The zero-order valence-electron chi connectivity index (χ0n) is 15.8. The molecule has 0 fully saturated rings. The highest BCUT2D eigenvalue weighted by atomic mass is 35.5. The fourth-order valence-corrected chi connectivity index (χ4v) is 3.39. The summed E-state index contributed by atoms with van der Waals surface area (Å²) in [4.78, 5) is 0. The summed E-state index contributed by atoms with van der Waals surface area (Å²) < 4.78 is 17.2. The molecule has 2 aromatic carbocycles. The molecule has 2 heterocycles. The number of hydrogen-bond acceptors (Lipinski definition) is 3. The maximum Gasteiger partial charge on any atom is 0.175 e. The second-order valence-corrected chi connectivity index (χ2v) is 7.50. The highest BCUT2D eigenvalue weighted by molar-refractivity contribution is 7.80. The number of nitrogens with zero attached hydrogens (tertiary/aromatic N) is 4. The summed E-state index contributed by atoms with van der Waals surface area (Å²) in [6.45, 7) is 0.941. The topological polar surface area (TPSA) is 59.7 Å². The minimum absolute atomic E-state index is 0.255. The number of anilines is 2. The van der Waals surface area contributed by atoms with Gasteiger partial charge in [-0.25, -0.2) is 4.39 Å². The van der Waals surface area contributed by atoms with Crippen LogP contribution in [0.25, 0.3) is 0 Å². The predicted molar refractivity (Wildman–Crippen MR) is 120 cm³/mol. The van der Waals surface area contributed by atoms with Gasteiger partial charge in [0.1, 0.15) is 5.82 Å². The van der Waals surface area contributed by atoms with Gasteiger partial charge in [0.05, 0.1) is 36.9 Å². The molecule has 0 saturated carbocycles. The fourth-order valence-electron chi connectivity index (χ4n) is 2.95. The van der Waals surface area contributed by atoms with Crippen LogP contribution in [0.1, 0.15) is 11.1 Å². The molecule has 0 atom stereocenters. The zero-order valence-corrected chi connectivity index (χ0v) is 17.4. The van der Waals surface area contributed by atoms with E-state index >= 15 is 0 Å². The van der Waals surface area contributed by atoms with Crippen molar-refractivity contribution in [3.8, 4) is 0 Å². The maximum absolute atomic E-state index is 13.8. The molecule has 0 spiro atoms. The van der Waals surface area contributed by atoms with Crippen molar-refractivity contribution in [2.75, 3.05) is 10.6 Å². The van der Waals surface area contributed by atoms with Crippen LogP contribution in [-0.2, 0) is 13.1 Å². The Labute approximate surface area is 183 Å². The van der Waals surface area contributed by atoms with Gasteiger partial charge in [-0.3, -0.25) is 9.36 Å². The van der Waals surface area contributed by atoms with Crippen molar-refractivity contribution in [3.05, 3.63) is 95.3 Å². The van der Waals surface area contributed by atoms with E-state index in [1.54, 1.807) is 46.2 Å². The average molecular weight is 441 g/mol. The second-order valence-electron chi connectivity index (χ2n) is 6.65. The van der Waals surface area contributed by atoms with Crippen molar-refractivity contribution < 1.29 is 4.39 Å². The molecule has 0 unspecified atom stereocenters. The van der Waals surface area contributed by atoms with Gasteiger partial charge >= 0.3 is 0 Å². The highest BCUT2D eigenvalue weighted by Crippen LogP contribution is 2.14. The van der Waals surface area contributed by atoms with Crippen LogP contribution in [0.5, 0.6) is 0 Å². The van der Waals surface area contributed by atoms with E-state index in [0.29, 0.717) is 34.5 Å². The van der Waals surface area contributed by atoms with E-state index in [2.05, 4.69) is 20.8 Å². The summed E-state index contributed by atoms with van der Waals surface area (Å²) in [7, 11) is 0. The molecule has 6 nitrogen and oxygen atoms in total. The molecule has 30 heavy (non-hydrogen) atoms. The van der Waals surface area contributed by atoms with Crippen LogP contribution in [0.15, 0.2) is 73.3 Å². The van der Waals surface area contributed by atoms with E-state index in [-0.39, 0.29) is 5.82 Å². The van der Waals surface area contributed by atoms with Crippen molar-refractivity contribution >= 4 is 40.3 Å². The van der Waals surface area contributed by atoms with E-state index in [1.165, 1.54) is 6.07 Å². The van der Waals surface area contributed by atoms with Gasteiger partial charge in [-0.15, -0.1) is 0 Å². The van der Waals surface area contributed by atoms with Crippen LogP contribution in [-0.4, -0.2) is 24.7 Å². The molecule has 0 bridgehead atoms. The van der Waals surface area contributed by atoms with Crippen LogP contribution in [0.4, 0.5) is 15.8 Å². The molecule has 0 aliphatic heterocycles. The SMILES string of the molecule is Fc1ccccc1Cn1cc(NC(=S)Nc2cnn(Cc3cccc(Cl)c3)c2)cn1. The quantitative estimate of drug-likeness (QED) is 0.423. The molecular weight excluding hydrogens is 423 g/mol. The summed E-state index contributed by atoms with van der Waals surface area (Å²) in [6.07, 6.45) is 6.96. The molecule has 152 valence electrons. The van der Waals surface area contributed by atoms with Crippen LogP contribution in [0.3, 0.4) is 0 Å². The van der Waals surface area contributed by atoms with E-state index in [9.17, 15) is 4.39 Å². The minimum atomic E-state index is -0.255. The maximum atomic E-state index is 13.8. The van der Waals surface area contributed by atoms with Gasteiger partial charge in [0, 0.05) is 23.0 Å². The largest absolute Gasteiger partial charge is 0.330 e. The molecule has 0 aliphatic rings. The Morgan fingerprint density at radius 3 is 2.27 bits per heavy atom. The normalized spacial score (nSPS) is 10.7. The van der Waals surface area contributed by atoms with Gasteiger partial charge in [0.2, 0.25) is 0 Å². The molecule has 2 aromatic heterocycles. The summed E-state index contributed by atoms with van der Waals surface area (Å²) >= 11 is 11.4. The monoisotopic (exact) mass is 440 g/mol. The first-order valence-electron chi connectivity index (χ1n) is 9.16. The number of hydrogen-bond donors (Lipinski definition) is 2. The minimum Gasteiger partial charge on any atom is -0.330 e. The lowest BCUT2D eigenvalue weighted by Gasteiger charge is -2.07. The van der Waals surface area contributed by atoms with Crippen LogP contribution in [0.2, 0.25) is 5.02 Å². The van der Waals surface area contributed by atoms with Gasteiger partial charge in [0.25, 0.3) is 0 Å².